The standard InChI is InChI=1S/C17H16F3N5/c18-17(19,20)14-4-1-5-15(13(14)9-21)25-8-2-3-12(10-25)24-16-6-7-22-11-23-16/h1,4-7,11-12H,2-3,8,10H2,(H,22,23,24). The third kappa shape index (κ3) is 3.82. The van der Waals surface area contributed by atoms with Crippen molar-refractivity contribution in [3.8, 4) is 6.07 Å². The highest BCUT2D eigenvalue weighted by Gasteiger charge is 2.35. The Morgan fingerprint density at radius 2 is 2.12 bits per heavy atom. The molecule has 0 aliphatic carbocycles. The lowest BCUT2D eigenvalue weighted by molar-refractivity contribution is -0.137. The highest BCUT2D eigenvalue weighted by atomic mass is 19.4. The molecular weight excluding hydrogens is 331 g/mol. The number of anilines is 2. The maximum absolute atomic E-state index is 13.2. The van der Waals surface area contributed by atoms with E-state index in [9.17, 15) is 18.4 Å². The summed E-state index contributed by atoms with van der Waals surface area (Å²) in [6, 6.07) is 7.37. The molecule has 8 heteroatoms. The molecule has 1 saturated heterocycles. The third-order valence-electron chi connectivity index (χ3n) is 4.16. The van der Waals surface area contributed by atoms with E-state index in [1.54, 1.807) is 24.4 Å². The summed E-state index contributed by atoms with van der Waals surface area (Å²) in [5, 5.41) is 12.6. The first-order valence-electron chi connectivity index (χ1n) is 7.87. The van der Waals surface area contributed by atoms with E-state index in [0.29, 0.717) is 24.6 Å². The SMILES string of the molecule is N#Cc1c(N2CCCC(Nc3ccncn3)C2)cccc1C(F)(F)F. The van der Waals surface area contributed by atoms with Gasteiger partial charge in [-0.15, -0.1) is 0 Å². The number of piperidine rings is 1. The normalized spacial score (nSPS) is 17.8. The van der Waals surface area contributed by atoms with Gasteiger partial charge in [0.25, 0.3) is 0 Å². The van der Waals surface area contributed by atoms with Gasteiger partial charge in [-0.2, -0.15) is 18.4 Å². The molecule has 0 saturated carbocycles. The van der Waals surface area contributed by atoms with Crippen LogP contribution in [-0.2, 0) is 6.18 Å². The predicted octanol–water partition coefficient (Wildman–Crippen LogP) is 3.45. The van der Waals surface area contributed by atoms with E-state index in [0.717, 1.165) is 18.9 Å². The highest BCUT2D eigenvalue weighted by molar-refractivity contribution is 5.63. The van der Waals surface area contributed by atoms with Crippen molar-refractivity contribution < 1.29 is 13.2 Å². The van der Waals surface area contributed by atoms with Crippen LogP contribution in [0, 0.1) is 11.3 Å². The fourth-order valence-corrected chi connectivity index (χ4v) is 3.06. The maximum atomic E-state index is 13.2. The van der Waals surface area contributed by atoms with Crippen molar-refractivity contribution in [2.45, 2.75) is 25.1 Å². The molecule has 130 valence electrons. The van der Waals surface area contributed by atoms with Gasteiger partial charge in [0.15, 0.2) is 0 Å². The average molecular weight is 347 g/mol. The largest absolute Gasteiger partial charge is 0.417 e. The number of benzene rings is 1. The number of aromatic nitrogens is 2. The summed E-state index contributed by atoms with van der Waals surface area (Å²) < 4.78 is 39.5. The number of hydrogen-bond donors (Lipinski definition) is 1. The number of nitrogens with one attached hydrogen (secondary N) is 1. The summed E-state index contributed by atoms with van der Waals surface area (Å²) in [6.45, 7) is 1.11. The lowest BCUT2D eigenvalue weighted by atomic mass is 10.0. The smallest absolute Gasteiger partial charge is 0.368 e. The van der Waals surface area contributed by atoms with Crippen LogP contribution >= 0.6 is 0 Å². The lowest BCUT2D eigenvalue weighted by Gasteiger charge is -2.35. The monoisotopic (exact) mass is 347 g/mol. The molecule has 2 aromatic rings. The average Bonchev–Trinajstić information content (AvgIpc) is 2.61. The van der Waals surface area contributed by atoms with E-state index < -0.39 is 11.7 Å². The third-order valence-corrected chi connectivity index (χ3v) is 4.16. The molecule has 1 unspecified atom stereocenters. The summed E-state index contributed by atoms with van der Waals surface area (Å²) in [6.07, 6.45) is 0.195. The first-order chi connectivity index (χ1) is 12.0. The Labute approximate surface area is 143 Å². The van der Waals surface area contributed by atoms with Crippen molar-refractivity contribution in [2.24, 2.45) is 0 Å². The maximum Gasteiger partial charge on any atom is 0.417 e. The van der Waals surface area contributed by atoms with E-state index in [4.69, 9.17) is 0 Å². The van der Waals surface area contributed by atoms with Crippen molar-refractivity contribution in [3.05, 3.63) is 47.9 Å². The number of rotatable bonds is 3. The molecule has 5 nitrogen and oxygen atoms in total. The molecule has 0 spiro atoms. The summed E-state index contributed by atoms with van der Waals surface area (Å²) in [5.41, 5.74) is -0.886. The van der Waals surface area contributed by atoms with E-state index in [2.05, 4.69) is 15.3 Å². The molecule has 1 aliphatic rings. The molecule has 1 fully saturated rings. The van der Waals surface area contributed by atoms with Gasteiger partial charge < -0.3 is 10.2 Å². The minimum Gasteiger partial charge on any atom is -0.368 e. The number of hydrogen-bond acceptors (Lipinski definition) is 5. The zero-order chi connectivity index (χ0) is 17.9. The minimum atomic E-state index is -4.55. The van der Waals surface area contributed by atoms with Crippen molar-refractivity contribution in [1.82, 2.24) is 9.97 Å². The Hall–Kier alpha value is -2.82. The second kappa shape index (κ2) is 6.97. The molecular formula is C17H16F3N5. The molecule has 1 aliphatic heterocycles. The molecule has 1 aromatic carbocycles. The summed E-state index contributed by atoms with van der Waals surface area (Å²) >= 11 is 0. The van der Waals surface area contributed by atoms with Crippen LogP contribution in [0.2, 0.25) is 0 Å². The first kappa shape index (κ1) is 17.0. The van der Waals surface area contributed by atoms with Gasteiger partial charge in [0.1, 0.15) is 18.2 Å². The number of halogens is 3. The molecule has 0 radical (unpaired) electrons. The number of alkyl halides is 3. The fourth-order valence-electron chi connectivity index (χ4n) is 3.06. The van der Waals surface area contributed by atoms with Gasteiger partial charge in [-0.25, -0.2) is 9.97 Å². The topological polar surface area (TPSA) is 64.8 Å². The van der Waals surface area contributed by atoms with Crippen LogP contribution < -0.4 is 10.2 Å². The van der Waals surface area contributed by atoms with Crippen LogP contribution in [0.15, 0.2) is 36.8 Å². The van der Waals surface area contributed by atoms with Gasteiger partial charge in [0.2, 0.25) is 0 Å². The molecule has 1 atom stereocenters. The van der Waals surface area contributed by atoms with Crippen molar-refractivity contribution in [1.29, 1.82) is 5.26 Å². The van der Waals surface area contributed by atoms with Crippen LogP contribution in [0.1, 0.15) is 24.0 Å². The summed E-state index contributed by atoms with van der Waals surface area (Å²) in [5.74, 6) is 0.673. The predicted molar refractivity (Wildman–Crippen MR) is 87.0 cm³/mol. The van der Waals surface area contributed by atoms with Crippen LogP contribution in [0.5, 0.6) is 0 Å². The summed E-state index contributed by atoms with van der Waals surface area (Å²) in [7, 11) is 0. The van der Waals surface area contributed by atoms with Crippen molar-refractivity contribution in [3.63, 3.8) is 0 Å². The van der Waals surface area contributed by atoms with E-state index in [1.807, 2.05) is 4.90 Å². The van der Waals surface area contributed by atoms with E-state index in [-0.39, 0.29) is 11.6 Å². The van der Waals surface area contributed by atoms with Gasteiger partial charge >= 0.3 is 6.18 Å². The molecule has 3 rings (SSSR count). The number of nitriles is 1. The lowest BCUT2D eigenvalue weighted by Crippen LogP contribution is -2.42. The quantitative estimate of drug-likeness (QED) is 0.921. The molecule has 1 N–H and O–H groups in total. The molecule has 0 bridgehead atoms. The molecule has 2 heterocycles. The second-order valence-electron chi connectivity index (χ2n) is 5.83. The van der Waals surface area contributed by atoms with Gasteiger partial charge in [-0.1, -0.05) is 6.07 Å². The fraction of sp³-hybridized carbons (Fsp3) is 0.353. The van der Waals surface area contributed by atoms with Gasteiger partial charge in [-0.3, -0.25) is 0 Å². The van der Waals surface area contributed by atoms with E-state index >= 15 is 0 Å². The zero-order valence-electron chi connectivity index (χ0n) is 13.3. The van der Waals surface area contributed by atoms with Crippen molar-refractivity contribution in [2.75, 3.05) is 23.3 Å². The van der Waals surface area contributed by atoms with Crippen LogP contribution in [0.3, 0.4) is 0 Å². The Morgan fingerprint density at radius 1 is 1.28 bits per heavy atom. The zero-order valence-corrected chi connectivity index (χ0v) is 13.3. The van der Waals surface area contributed by atoms with Gasteiger partial charge in [0.05, 0.1) is 16.8 Å². The summed E-state index contributed by atoms with van der Waals surface area (Å²) in [4.78, 5) is 9.79. The molecule has 25 heavy (non-hydrogen) atoms. The Balaban J connectivity index is 1.83. The van der Waals surface area contributed by atoms with Crippen LogP contribution in [-0.4, -0.2) is 29.1 Å². The van der Waals surface area contributed by atoms with E-state index in [1.165, 1.54) is 12.4 Å². The Kier molecular flexibility index (Phi) is 4.74. The first-order valence-corrected chi connectivity index (χ1v) is 7.87. The second-order valence-corrected chi connectivity index (χ2v) is 5.83. The van der Waals surface area contributed by atoms with Crippen molar-refractivity contribution >= 4 is 11.5 Å². The Morgan fingerprint density at radius 3 is 2.80 bits per heavy atom. The van der Waals surface area contributed by atoms with Gasteiger partial charge in [0, 0.05) is 25.3 Å². The molecule has 1 aromatic heterocycles. The van der Waals surface area contributed by atoms with Gasteiger partial charge in [-0.05, 0) is 31.0 Å². The van der Waals surface area contributed by atoms with Crippen LogP contribution in [0.4, 0.5) is 24.7 Å². The Bertz CT molecular complexity index is 770. The minimum absolute atomic E-state index is 0.0322. The number of nitrogens with zero attached hydrogens (tertiary/aromatic N) is 4. The van der Waals surface area contributed by atoms with Crippen LogP contribution in [0.25, 0.3) is 0 Å². The highest BCUT2D eigenvalue weighted by Crippen LogP contribution is 2.36. The molecule has 0 amide bonds.